The van der Waals surface area contributed by atoms with E-state index in [-0.39, 0.29) is 0 Å². The minimum Gasteiger partial charge on any atom is -0.481 e. The Kier molecular flexibility index (Phi) is 5.61. The summed E-state index contributed by atoms with van der Waals surface area (Å²) in [6, 6.07) is 20.8. The van der Waals surface area contributed by atoms with Gasteiger partial charge in [0.1, 0.15) is 9.84 Å². The molecule has 6 nitrogen and oxygen atoms in total. The smallest absolute Gasteiger partial charge is 0.300 e. The summed E-state index contributed by atoms with van der Waals surface area (Å²) in [5.74, 6) is -0.833. The molecule has 0 saturated carbocycles. The molecule has 29 heavy (non-hydrogen) atoms. The van der Waals surface area contributed by atoms with Crippen LogP contribution in [-0.2, 0) is 14.6 Å². The zero-order chi connectivity index (χ0) is 21.2. The second-order valence-electron chi connectivity index (χ2n) is 6.78. The fourth-order valence-electron chi connectivity index (χ4n) is 3.11. The number of nitrogens with zero attached hydrogens (tertiary/aromatic N) is 2. The first-order valence-corrected chi connectivity index (χ1v) is 11.1. The fraction of sp³-hybridized carbons (Fsp3) is 0.136. The Morgan fingerprint density at radius 3 is 1.55 bits per heavy atom. The molecule has 1 aliphatic rings. The molecule has 0 unspecified atom stereocenters. The summed E-state index contributed by atoms with van der Waals surface area (Å²) in [4.78, 5) is 18.7. The number of benzene rings is 3. The molecule has 3 aromatic carbocycles. The zero-order valence-corrected chi connectivity index (χ0v) is 17.1. The molecule has 0 aliphatic heterocycles. The highest BCUT2D eigenvalue weighted by atomic mass is 32.2. The van der Waals surface area contributed by atoms with Crippen LogP contribution in [0.4, 0.5) is 0 Å². The normalized spacial score (nSPS) is 11.1. The number of fused-ring (bicyclic) bond motifs is 4. The van der Waals surface area contributed by atoms with Crippen LogP contribution >= 0.6 is 0 Å². The van der Waals surface area contributed by atoms with Crippen LogP contribution in [0.25, 0.3) is 44.3 Å². The molecule has 0 fully saturated rings. The van der Waals surface area contributed by atoms with Crippen LogP contribution in [-0.4, -0.2) is 42.0 Å². The van der Waals surface area contributed by atoms with Crippen molar-refractivity contribution in [2.45, 2.75) is 6.92 Å². The third-order valence-corrected chi connectivity index (χ3v) is 3.99. The largest absolute Gasteiger partial charge is 0.481 e. The maximum atomic E-state index is 9.63. The van der Waals surface area contributed by atoms with E-state index in [0.29, 0.717) is 0 Å². The Hall–Kier alpha value is -3.32. The van der Waals surface area contributed by atoms with E-state index in [9.17, 15) is 8.42 Å². The Labute approximate surface area is 168 Å². The number of aliphatic carboxylic acids is 1. The highest BCUT2D eigenvalue weighted by molar-refractivity contribution is 7.89. The summed E-state index contributed by atoms with van der Waals surface area (Å²) in [6.45, 7) is 1.08. The van der Waals surface area contributed by atoms with E-state index in [4.69, 9.17) is 19.9 Å². The lowest BCUT2D eigenvalue weighted by Crippen LogP contribution is -1.89. The van der Waals surface area contributed by atoms with E-state index in [1.54, 1.807) is 0 Å². The number of carbonyl (C=O) groups is 1. The first kappa shape index (κ1) is 20.4. The monoisotopic (exact) mass is 408 g/mol. The Bertz CT molecular complexity index is 1240. The minimum atomic E-state index is -2.67. The van der Waals surface area contributed by atoms with Gasteiger partial charge in [-0.25, -0.2) is 18.4 Å². The van der Waals surface area contributed by atoms with Gasteiger partial charge in [-0.15, -0.1) is 0 Å². The predicted molar refractivity (Wildman–Crippen MR) is 116 cm³/mol. The average molecular weight is 408 g/mol. The first-order valence-electron chi connectivity index (χ1n) is 8.79. The molecular weight excluding hydrogens is 388 g/mol. The van der Waals surface area contributed by atoms with Crippen molar-refractivity contribution < 1.29 is 18.3 Å². The molecule has 7 heteroatoms. The Morgan fingerprint density at radius 2 is 1.17 bits per heavy atom. The zero-order valence-electron chi connectivity index (χ0n) is 16.2. The number of carboxylic acids is 1. The van der Waals surface area contributed by atoms with E-state index < -0.39 is 15.8 Å². The second-order valence-corrected chi connectivity index (χ2v) is 9.07. The maximum absolute atomic E-state index is 9.63. The molecule has 148 valence electrons. The summed E-state index contributed by atoms with van der Waals surface area (Å²) in [7, 11) is -2.67. The summed E-state index contributed by atoms with van der Waals surface area (Å²) in [6.07, 6.45) is 2.32. The number of hydrogen-bond acceptors (Lipinski definition) is 5. The summed E-state index contributed by atoms with van der Waals surface area (Å²) >= 11 is 0. The molecule has 1 aromatic heterocycles. The lowest BCUT2D eigenvalue weighted by molar-refractivity contribution is -0.134. The maximum Gasteiger partial charge on any atom is 0.300 e. The molecule has 1 heterocycles. The molecule has 0 atom stereocenters. The van der Waals surface area contributed by atoms with Crippen LogP contribution in [0.15, 0.2) is 60.7 Å². The van der Waals surface area contributed by atoms with Crippen molar-refractivity contribution >= 4 is 37.6 Å². The van der Waals surface area contributed by atoms with Crippen molar-refractivity contribution in [1.82, 2.24) is 9.97 Å². The number of aromatic nitrogens is 2. The molecular formula is C22H20N2O4S. The van der Waals surface area contributed by atoms with Gasteiger partial charge >= 0.3 is 0 Å². The van der Waals surface area contributed by atoms with Crippen LogP contribution in [0.5, 0.6) is 0 Å². The number of carboxylic acid groups (broad SMARTS) is 1. The lowest BCUT2D eigenvalue weighted by atomic mass is 10.0. The van der Waals surface area contributed by atoms with E-state index in [1.165, 1.54) is 21.9 Å². The highest BCUT2D eigenvalue weighted by Crippen LogP contribution is 2.45. The number of hydrogen-bond donors (Lipinski definition) is 1. The number of para-hydroxylation sites is 2. The van der Waals surface area contributed by atoms with Gasteiger partial charge in [0.05, 0.1) is 22.4 Å². The van der Waals surface area contributed by atoms with Crippen molar-refractivity contribution in [2.24, 2.45) is 0 Å². The van der Waals surface area contributed by atoms with Crippen molar-refractivity contribution in [3.8, 4) is 22.5 Å². The van der Waals surface area contributed by atoms with Gasteiger partial charge in [-0.3, -0.25) is 4.79 Å². The average Bonchev–Trinajstić information content (AvgIpc) is 2.94. The quantitative estimate of drug-likeness (QED) is 0.413. The molecule has 0 bridgehead atoms. The molecule has 1 N–H and O–H groups in total. The Morgan fingerprint density at radius 1 is 0.793 bits per heavy atom. The van der Waals surface area contributed by atoms with Crippen LogP contribution in [0.2, 0.25) is 0 Å². The Balaban J connectivity index is 0.000000229. The molecule has 0 saturated heterocycles. The molecule has 4 aromatic rings. The van der Waals surface area contributed by atoms with E-state index in [0.717, 1.165) is 41.9 Å². The molecule has 0 amide bonds. The second kappa shape index (κ2) is 7.97. The predicted octanol–water partition coefficient (Wildman–Crippen LogP) is 4.18. The standard InChI is InChI=1S/C18H10N2.C2H6O2S.C2H4O2/c1-2-10-15-14(9-1)19-17-12-7-3-5-11-6-4-8-13(16(11)12)18(17)20-15;1-5(2,3)4;1-2(3)4/h1-10H;1-2H3;1H3,(H,3,4). The SMILES string of the molecule is CC(=O)O.CS(C)(=O)=O.c1cc2c3c(cccc3c1)-c1nc3ccccc3nc1-2. The molecule has 1 aliphatic carbocycles. The highest BCUT2D eigenvalue weighted by Gasteiger charge is 2.23. The van der Waals surface area contributed by atoms with Gasteiger partial charge in [0.25, 0.3) is 5.97 Å². The molecule has 0 spiro atoms. The van der Waals surface area contributed by atoms with Gasteiger partial charge in [0.15, 0.2) is 0 Å². The van der Waals surface area contributed by atoms with Crippen LogP contribution < -0.4 is 0 Å². The van der Waals surface area contributed by atoms with Crippen molar-refractivity contribution in [2.75, 3.05) is 12.5 Å². The van der Waals surface area contributed by atoms with Gasteiger partial charge in [0.2, 0.25) is 0 Å². The van der Waals surface area contributed by atoms with E-state index in [2.05, 4.69) is 36.4 Å². The van der Waals surface area contributed by atoms with Gasteiger partial charge < -0.3 is 5.11 Å². The first-order chi connectivity index (χ1) is 13.6. The molecule has 5 rings (SSSR count). The summed E-state index contributed by atoms with van der Waals surface area (Å²) in [5, 5.41) is 9.95. The fourth-order valence-corrected chi connectivity index (χ4v) is 3.11. The van der Waals surface area contributed by atoms with E-state index >= 15 is 0 Å². The topological polar surface area (TPSA) is 97.2 Å². The van der Waals surface area contributed by atoms with E-state index in [1.807, 2.05) is 24.3 Å². The lowest BCUT2D eigenvalue weighted by Gasteiger charge is -2.02. The van der Waals surface area contributed by atoms with Gasteiger partial charge in [-0.05, 0) is 17.5 Å². The molecule has 0 radical (unpaired) electrons. The minimum absolute atomic E-state index is 0.833. The number of sulfone groups is 1. The van der Waals surface area contributed by atoms with Crippen LogP contribution in [0, 0.1) is 0 Å². The third kappa shape index (κ3) is 4.75. The summed E-state index contributed by atoms with van der Waals surface area (Å²) < 4.78 is 19.3. The van der Waals surface area contributed by atoms with Crippen LogP contribution in [0.3, 0.4) is 0 Å². The van der Waals surface area contributed by atoms with Crippen LogP contribution in [0.1, 0.15) is 6.92 Å². The van der Waals surface area contributed by atoms with Crippen molar-refractivity contribution in [1.29, 1.82) is 0 Å². The van der Waals surface area contributed by atoms with Crippen molar-refractivity contribution in [3.63, 3.8) is 0 Å². The summed E-state index contributed by atoms with van der Waals surface area (Å²) in [5.41, 5.74) is 6.33. The van der Waals surface area contributed by atoms with Gasteiger partial charge in [0, 0.05) is 35.9 Å². The number of rotatable bonds is 0. The van der Waals surface area contributed by atoms with Crippen molar-refractivity contribution in [3.05, 3.63) is 60.7 Å². The third-order valence-electron chi connectivity index (χ3n) is 3.99. The van der Waals surface area contributed by atoms with Gasteiger partial charge in [-0.1, -0.05) is 48.5 Å². The van der Waals surface area contributed by atoms with Gasteiger partial charge in [-0.2, -0.15) is 0 Å².